The number of fused-ring (bicyclic) bond motifs is 3. The van der Waals surface area contributed by atoms with Crippen LogP contribution in [0.5, 0.6) is 0 Å². The summed E-state index contributed by atoms with van der Waals surface area (Å²) in [4.78, 5) is 0. The molecule has 7 nitrogen and oxygen atoms in total. The second-order valence-electron chi connectivity index (χ2n) is 8.81. The van der Waals surface area contributed by atoms with Crippen LogP contribution >= 0.6 is 7.60 Å². The van der Waals surface area contributed by atoms with Gasteiger partial charge in [0.1, 0.15) is 11.5 Å². The van der Waals surface area contributed by atoms with E-state index in [0.717, 1.165) is 53.5 Å². The van der Waals surface area contributed by atoms with Crippen LogP contribution in [0, 0.1) is 5.82 Å². The second kappa shape index (κ2) is 10.1. The van der Waals surface area contributed by atoms with E-state index in [1.165, 1.54) is 17.3 Å². The van der Waals surface area contributed by atoms with Crippen LogP contribution in [0.25, 0.3) is 16.6 Å². The third-order valence-corrected chi connectivity index (χ3v) is 8.48. The summed E-state index contributed by atoms with van der Waals surface area (Å²) in [5, 5.41) is 9.74. The van der Waals surface area contributed by atoms with E-state index < -0.39 is 7.60 Å². The summed E-state index contributed by atoms with van der Waals surface area (Å²) in [5.74, 6) is -0.198. The van der Waals surface area contributed by atoms with Crippen molar-refractivity contribution in [3.63, 3.8) is 0 Å². The van der Waals surface area contributed by atoms with E-state index in [4.69, 9.17) is 9.05 Å². The Labute approximate surface area is 204 Å². The molecule has 1 aliphatic rings. The molecule has 184 valence electrons. The number of aromatic nitrogens is 4. The highest BCUT2D eigenvalue weighted by Gasteiger charge is 2.24. The second-order valence-corrected chi connectivity index (χ2v) is 10.9. The summed E-state index contributed by atoms with van der Waals surface area (Å²) < 4.78 is 41.6. The van der Waals surface area contributed by atoms with Gasteiger partial charge < -0.3 is 13.6 Å². The molecule has 2 heterocycles. The van der Waals surface area contributed by atoms with E-state index in [1.54, 1.807) is 10.7 Å². The Morgan fingerprint density at radius 1 is 1.03 bits per heavy atom. The van der Waals surface area contributed by atoms with E-state index >= 15 is 0 Å². The third-order valence-electron chi connectivity index (χ3n) is 6.43. The summed E-state index contributed by atoms with van der Waals surface area (Å²) in [7, 11) is -3.15. The van der Waals surface area contributed by atoms with Crippen LogP contribution in [-0.4, -0.2) is 32.8 Å². The monoisotopic (exact) mass is 496 g/mol. The van der Waals surface area contributed by atoms with Gasteiger partial charge in [-0.2, -0.15) is 0 Å². The molecule has 0 N–H and O–H groups in total. The maximum atomic E-state index is 14.0. The molecule has 5 rings (SSSR count). The molecule has 0 atom stereocenters. The summed E-state index contributed by atoms with van der Waals surface area (Å²) in [6.45, 7) is 4.88. The van der Waals surface area contributed by atoms with Crippen LogP contribution in [0.15, 0.2) is 48.7 Å². The zero-order valence-electron chi connectivity index (χ0n) is 20.1. The number of halogens is 1. The topological polar surface area (TPSA) is 71.2 Å². The Morgan fingerprint density at radius 2 is 1.77 bits per heavy atom. The van der Waals surface area contributed by atoms with Crippen molar-refractivity contribution in [3.05, 3.63) is 77.0 Å². The lowest BCUT2D eigenvalue weighted by molar-refractivity contribution is 0.219. The summed E-state index contributed by atoms with van der Waals surface area (Å²) >= 11 is 0. The van der Waals surface area contributed by atoms with Crippen LogP contribution in [-0.2, 0) is 39.2 Å². The van der Waals surface area contributed by atoms with Gasteiger partial charge in [-0.15, -0.1) is 5.10 Å². The minimum absolute atomic E-state index is 0.198. The van der Waals surface area contributed by atoms with Crippen molar-refractivity contribution in [2.75, 3.05) is 13.2 Å². The first kappa shape index (κ1) is 23.9. The lowest BCUT2D eigenvalue weighted by Crippen LogP contribution is -2.09. The molecule has 0 bridgehead atoms. The molecule has 1 aliphatic carbocycles. The highest BCUT2D eigenvalue weighted by molar-refractivity contribution is 7.53. The average molecular weight is 497 g/mol. The summed E-state index contributed by atoms with van der Waals surface area (Å²) in [6.07, 6.45) is 6.41. The fraction of sp³-hybridized carbons (Fsp3) is 0.385. The largest absolute Gasteiger partial charge is 0.338 e. The Hall–Kier alpha value is -2.80. The number of rotatable bonds is 9. The van der Waals surface area contributed by atoms with Crippen molar-refractivity contribution < 1.29 is 18.0 Å². The molecule has 0 aliphatic heterocycles. The Kier molecular flexibility index (Phi) is 6.87. The van der Waals surface area contributed by atoms with Crippen molar-refractivity contribution >= 4 is 18.5 Å². The molecule has 0 saturated heterocycles. The molecule has 0 radical (unpaired) electrons. The Balaban J connectivity index is 1.37. The minimum atomic E-state index is -3.15. The number of nitrogens with zero attached hydrogens (tertiary/aromatic N) is 4. The molecular weight excluding hydrogens is 466 g/mol. The molecule has 0 amide bonds. The van der Waals surface area contributed by atoms with Crippen LogP contribution in [0.3, 0.4) is 0 Å². The van der Waals surface area contributed by atoms with Gasteiger partial charge in [-0.05, 0) is 81.0 Å². The first-order chi connectivity index (χ1) is 17.0. The molecule has 0 saturated carbocycles. The standard InChI is InChI=1S/C26H30FN4O3P/c1-3-33-35(32,34-4-2)18-19-9-12-22(13-10-19)31-17-21(28-29-31)16-30-25-8-6-5-7-23(25)24-15-20(27)11-14-26(24)30/h9-15,17H,3-8,16,18H2,1-2H3. The van der Waals surface area contributed by atoms with Crippen molar-refractivity contribution in [2.45, 2.75) is 52.2 Å². The van der Waals surface area contributed by atoms with E-state index in [-0.39, 0.29) is 12.0 Å². The van der Waals surface area contributed by atoms with Gasteiger partial charge in [-0.25, -0.2) is 9.07 Å². The predicted octanol–water partition coefficient (Wildman–Crippen LogP) is 6.05. The van der Waals surface area contributed by atoms with Gasteiger partial charge in [0.15, 0.2) is 0 Å². The smallest absolute Gasteiger partial charge is 0.335 e. The van der Waals surface area contributed by atoms with Gasteiger partial charge >= 0.3 is 7.60 Å². The molecule has 9 heteroatoms. The summed E-state index contributed by atoms with van der Waals surface area (Å²) in [5.41, 5.74) is 6.16. The number of aryl methyl sites for hydroxylation is 1. The van der Waals surface area contributed by atoms with Gasteiger partial charge in [0.05, 0.1) is 37.8 Å². The van der Waals surface area contributed by atoms with Gasteiger partial charge in [0.2, 0.25) is 0 Å². The predicted molar refractivity (Wildman–Crippen MR) is 134 cm³/mol. The first-order valence-electron chi connectivity index (χ1n) is 12.2. The molecule has 2 aromatic carbocycles. The van der Waals surface area contributed by atoms with Gasteiger partial charge in [-0.3, -0.25) is 4.57 Å². The number of hydrogen-bond acceptors (Lipinski definition) is 5. The minimum Gasteiger partial charge on any atom is -0.338 e. The van der Waals surface area contributed by atoms with Crippen LogP contribution in [0.1, 0.15) is 49.2 Å². The van der Waals surface area contributed by atoms with E-state index in [1.807, 2.05) is 50.4 Å². The fourth-order valence-corrected chi connectivity index (χ4v) is 6.65. The van der Waals surface area contributed by atoms with E-state index in [9.17, 15) is 8.96 Å². The maximum absolute atomic E-state index is 14.0. The van der Waals surface area contributed by atoms with Gasteiger partial charge in [-0.1, -0.05) is 17.3 Å². The lowest BCUT2D eigenvalue weighted by Gasteiger charge is -2.17. The molecule has 4 aromatic rings. The Bertz CT molecular complexity index is 1370. The number of hydrogen-bond donors (Lipinski definition) is 0. The fourth-order valence-electron chi connectivity index (χ4n) is 4.95. The zero-order valence-corrected chi connectivity index (χ0v) is 21.0. The Morgan fingerprint density at radius 3 is 2.51 bits per heavy atom. The lowest BCUT2D eigenvalue weighted by atomic mass is 9.95. The molecular formula is C26H30FN4O3P. The quantitative estimate of drug-likeness (QED) is 0.264. The molecule has 35 heavy (non-hydrogen) atoms. The third kappa shape index (κ3) is 4.96. The average Bonchev–Trinajstić information content (AvgIpc) is 3.43. The van der Waals surface area contributed by atoms with Crippen molar-refractivity contribution in [1.82, 2.24) is 19.6 Å². The van der Waals surface area contributed by atoms with Crippen LogP contribution in [0.4, 0.5) is 4.39 Å². The molecule has 0 fully saturated rings. The SMILES string of the molecule is CCOP(=O)(Cc1ccc(-n2cc(Cn3c4c(c5cc(F)ccc53)CCCC4)nn2)cc1)OCC. The molecule has 0 unspecified atom stereocenters. The van der Waals surface area contributed by atoms with Gasteiger partial charge in [0, 0.05) is 16.6 Å². The molecule has 2 aromatic heterocycles. The zero-order chi connectivity index (χ0) is 24.4. The number of benzene rings is 2. The van der Waals surface area contributed by atoms with Crippen molar-refractivity contribution in [1.29, 1.82) is 0 Å². The van der Waals surface area contributed by atoms with Crippen molar-refractivity contribution in [3.8, 4) is 5.69 Å². The van der Waals surface area contributed by atoms with Crippen LogP contribution in [0.2, 0.25) is 0 Å². The normalized spacial score (nSPS) is 13.9. The van der Waals surface area contributed by atoms with Crippen LogP contribution < -0.4 is 0 Å². The summed E-state index contributed by atoms with van der Waals surface area (Å²) in [6, 6.07) is 12.7. The van der Waals surface area contributed by atoms with E-state index in [0.29, 0.717) is 19.8 Å². The van der Waals surface area contributed by atoms with Crippen molar-refractivity contribution in [2.24, 2.45) is 0 Å². The maximum Gasteiger partial charge on any atom is 0.335 e. The van der Waals surface area contributed by atoms with E-state index in [2.05, 4.69) is 14.9 Å². The van der Waals surface area contributed by atoms with Gasteiger partial charge in [0.25, 0.3) is 0 Å². The first-order valence-corrected chi connectivity index (χ1v) is 13.9. The highest BCUT2D eigenvalue weighted by atomic mass is 31.2. The molecule has 0 spiro atoms. The highest BCUT2D eigenvalue weighted by Crippen LogP contribution is 2.51.